The van der Waals surface area contributed by atoms with Gasteiger partial charge in [0.05, 0.1) is 16.6 Å². The molecular formula is C14H11BrFNO4. The number of nitrogens with zero attached hydrogens (tertiary/aromatic N) is 1. The zero-order chi connectivity index (χ0) is 15.6. The number of rotatable bonds is 4. The molecule has 0 radical (unpaired) electrons. The van der Waals surface area contributed by atoms with Crippen LogP contribution in [0.3, 0.4) is 0 Å². The topological polar surface area (TPSA) is 72.6 Å². The van der Waals surface area contributed by atoms with Crippen LogP contribution in [0.1, 0.15) is 18.6 Å². The van der Waals surface area contributed by atoms with Crippen LogP contribution in [0.15, 0.2) is 40.9 Å². The smallest absolute Gasteiger partial charge is 0.312 e. The van der Waals surface area contributed by atoms with Gasteiger partial charge < -0.3 is 9.84 Å². The summed E-state index contributed by atoms with van der Waals surface area (Å²) in [5, 5.41) is 20.7. The van der Waals surface area contributed by atoms with E-state index in [2.05, 4.69) is 15.9 Å². The lowest BCUT2D eigenvalue weighted by Gasteiger charge is -2.14. The van der Waals surface area contributed by atoms with Gasteiger partial charge in [-0.15, -0.1) is 0 Å². The minimum atomic E-state index is -1.10. The van der Waals surface area contributed by atoms with Gasteiger partial charge in [0.2, 0.25) is 5.75 Å². The molecular weight excluding hydrogens is 345 g/mol. The molecule has 0 fully saturated rings. The fourth-order valence-electron chi connectivity index (χ4n) is 1.85. The maximum absolute atomic E-state index is 13.7. The molecule has 110 valence electrons. The number of nitro benzene ring substituents is 1. The van der Waals surface area contributed by atoms with Crippen LogP contribution in [-0.2, 0) is 0 Å². The summed E-state index contributed by atoms with van der Waals surface area (Å²) in [6.07, 6.45) is -1.10. The molecule has 7 heteroatoms. The average Bonchev–Trinajstić information content (AvgIpc) is 2.40. The summed E-state index contributed by atoms with van der Waals surface area (Å²) >= 11 is 3.14. The fraction of sp³-hybridized carbons (Fsp3) is 0.143. The molecule has 0 saturated carbocycles. The van der Waals surface area contributed by atoms with Crippen molar-refractivity contribution in [3.8, 4) is 11.5 Å². The van der Waals surface area contributed by atoms with Gasteiger partial charge >= 0.3 is 5.69 Å². The van der Waals surface area contributed by atoms with E-state index in [9.17, 15) is 19.6 Å². The molecule has 1 atom stereocenters. The number of ether oxygens (including phenoxy) is 1. The minimum absolute atomic E-state index is 0.0318. The van der Waals surface area contributed by atoms with Crippen LogP contribution >= 0.6 is 15.9 Å². The zero-order valence-corrected chi connectivity index (χ0v) is 12.5. The van der Waals surface area contributed by atoms with Gasteiger partial charge in [-0.3, -0.25) is 10.1 Å². The SMILES string of the molecule is CC(O)c1c(F)cccc1Oc1ccc(Br)cc1[N+](=O)[O-]. The van der Waals surface area contributed by atoms with Gasteiger partial charge in [-0.2, -0.15) is 0 Å². The second-order valence-electron chi connectivity index (χ2n) is 4.30. The number of halogens is 2. The van der Waals surface area contributed by atoms with Crippen molar-refractivity contribution in [2.75, 3.05) is 0 Å². The van der Waals surface area contributed by atoms with Crippen LogP contribution in [0.2, 0.25) is 0 Å². The lowest BCUT2D eigenvalue weighted by molar-refractivity contribution is -0.385. The number of nitro groups is 1. The molecule has 2 aromatic rings. The van der Waals surface area contributed by atoms with E-state index in [1.165, 1.54) is 37.3 Å². The van der Waals surface area contributed by atoms with E-state index in [4.69, 9.17) is 4.74 Å². The van der Waals surface area contributed by atoms with E-state index < -0.39 is 16.8 Å². The van der Waals surface area contributed by atoms with Gasteiger partial charge in [0, 0.05) is 10.5 Å². The van der Waals surface area contributed by atoms with Gasteiger partial charge in [-0.25, -0.2) is 4.39 Å². The molecule has 5 nitrogen and oxygen atoms in total. The van der Waals surface area contributed by atoms with Crippen LogP contribution in [0.25, 0.3) is 0 Å². The van der Waals surface area contributed by atoms with Crippen molar-refractivity contribution in [1.82, 2.24) is 0 Å². The average molecular weight is 356 g/mol. The quantitative estimate of drug-likeness (QED) is 0.653. The van der Waals surface area contributed by atoms with Gasteiger partial charge in [-0.1, -0.05) is 22.0 Å². The number of aliphatic hydroxyl groups is 1. The molecule has 0 saturated heterocycles. The molecule has 0 aliphatic heterocycles. The van der Waals surface area contributed by atoms with Crippen molar-refractivity contribution in [3.05, 3.63) is 62.4 Å². The van der Waals surface area contributed by atoms with Crippen LogP contribution in [-0.4, -0.2) is 10.0 Å². The maximum atomic E-state index is 13.7. The first-order valence-electron chi connectivity index (χ1n) is 5.98. The monoisotopic (exact) mass is 355 g/mol. The van der Waals surface area contributed by atoms with Gasteiger partial charge in [0.15, 0.2) is 0 Å². The van der Waals surface area contributed by atoms with Crippen LogP contribution in [0, 0.1) is 15.9 Å². The van der Waals surface area contributed by atoms with Crippen molar-refractivity contribution < 1.29 is 19.2 Å². The Morgan fingerprint density at radius 2 is 2.05 bits per heavy atom. The first kappa shape index (κ1) is 15.4. The first-order chi connectivity index (χ1) is 9.90. The van der Waals surface area contributed by atoms with E-state index in [0.29, 0.717) is 4.47 Å². The standard InChI is InChI=1S/C14H11BrFNO4/c1-8(18)14-10(16)3-2-4-13(14)21-12-6-5-9(15)7-11(12)17(19)20/h2-8,18H,1H3. The molecule has 0 heterocycles. The largest absolute Gasteiger partial charge is 0.450 e. The van der Waals surface area contributed by atoms with Crippen LogP contribution in [0.4, 0.5) is 10.1 Å². The summed E-state index contributed by atoms with van der Waals surface area (Å²) in [6.45, 7) is 1.39. The highest BCUT2D eigenvalue weighted by atomic mass is 79.9. The Bertz CT molecular complexity index is 691. The van der Waals surface area contributed by atoms with Crippen LogP contribution in [0.5, 0.6) is 11.5 Å². The predicted octanol–water partition coefficient (Wildman–Crippen LogP) is 4.34. The highest BCUT2D eigenvalue weighted by molar-refractivity contribution is 9.10. The number of aliphatic hydroxyl groups excluding tert-OH is 1. The maximum Gasteiger partial charge on any atom is 0.312 e. The van der Waals surface area contributed by atoms with Crippen molar-refractivity contribution >= 4 is 21.6 Å². The van der Waals surface area contributed by atoms with Gasteiger partial charge in [-0.05, 0) is 31.2 Å². The van der Waals surface area contributed by atoms with Crippen molar-refractivity contribution in [2.24, 2.45) is 0 Å². The molecule has 21 heavy (non-hydrogen) atoms. The predicted molar refractivity (Wildman–Crippen MR) is 77.9 cm³/mol. The Balaban J connectivity index is 2.49. The lowest BCUT2D eigenvalue weighted by Crippen LogP contribution is -2.01. The molecule has 0 aliphatic rings. The molecule has 0 aliphatic carbocycles. The summed E-state index contributed by atoms with van der Waals surface area (Å²) in [4.78, 5) is 10.4. The molecule has 2 rings (SSSR count). The number of benzene rings is 2. The van der Waals surface area contributed by atoms with E-state index in [1.807, 2.05) is 0 Å². The lowest BCUT2D eigenvalue weighted by atomic mass is 10.1. The normalized spacial score (nSPS) is 12.0. The fourth-order valence-corrected chi connectivity index (χ4v) is 2.20. The summed E-state index contributed by atoms with van der Waals surface area (Å²) in [5.74, 6) is -0.631. The van der Waals surface area contributed by atoms with Crippen molar-refractivity contribution in [1.29, 1.82) is 0 Å². The van der Waals surface area contributed by atoms with E-state index in [0.717, 1.165) is 0 Å². The van der Waals surface area contributed by atoms with Crippen molar-refractivity contribution in [3.63, 3.8) is 0 Å². The van der Waals surface area contributed by atoms with Gasteiger partial charge in [0.25, 0.3) is 0 Å². The second kappa shape index (κ2) is 6.19. The zero-order valence-electron chi connectivity index (χ0n) is 10.9. The summed E-state index contributed by atoms with van der Waals surface area (Å²) in [5.41, 5.74) is -0.306. The molecule has 1 unspecified atom stereocenters. The Kier molecular flexibility index (Phi) is 4.54. The number of hydrogen-bond acceptors (Lipinski definition) is 4. The van der Waals surface area contributed by atoms with Crippen LogP contribution < -0.4 is 4.74 Å². The summed E-state index contributed by atoms with van der Waals surface area (Å²) < 4.78 is 19.7. The Labute approximate surface area is 128 Å². The Morgan fingerprint density at radius 3 is 2.67 bits per heavy atom. The molecule has 0 bridgehead atoms. The van der Waals surface area contributed by atoms with E-state index >= 15 is 0 Å². The number of hydrogen-bond donors (Lipinski definition) is 1. The van der Waals surface area contributed by atoms with E-state index in [-0.39, 0.29) is 22.7 Å². The highest BCUT2D eigenvalue weighted by Gasteiger charge is 2.20. The Hall–Kier alpha value is -1.99. The van der Waals surface area contributed by atoms with Crippen molar-refractivity contribution in [2.45, 2.75) is 13.0 Å². The molecule has 0 amide bonds. The first-order valence-corrected chi connectivity index (χ1v) is 6.77. The van der Waals surface area contributed by atoms with E-state index in [1.54, 1.807) is 6.07 Å². The summed E-state index contributed by atoms with van der Waals surface area (Å²) in [7, 11) is 0. The summed E-state index contributed by atoms with van der Waals surface area (Å²) in [6, 6.07) is 8.29. The third kappa shape index (κ3) is 3.37. The molecule has 0 aromatic heterocycles. The van der Waals surface area contributed by atoms with Gasteiger partial charge in [0.1, 0.15) is 11.6 Å². The third-order valence-electron chi connectivity index (χ3n) is 2.77. The third-order valence-corrected chi connectivity index (χ3v) is 3.26. The Morgan fingerprint density at radius 1 is 1.33 bits per heavy atom. The second-order valence-corrected chi connectivity index (χ2v) is 5.21. The molecule has 1 N–H and O–H groups in total. The highest BCUT2D eigenvalue weighted by Crippen LogP contribution is 2.37. The minimum Gasteiger partial charge on any atom is -0.450 e. The molecule has 2 aromatic carbocycles. The molecule has 0 spiro atoms.